The van der Waals surface area contributed by atoms with Gasteiger partial charge in [-0.1, -0.05) is 45.0 Å². The summed E-state index contributed by atoms with van der Waals surface area (Å²) in [6, 6.07) is 13.7. The van der Waals surface area contributed by atoms with Gasteiger partial charge < -0.3 is 20.1 Å². The van der Waals surface area contributed by atoms with E-state index in [1.165, 1.54) is 11.1 Å². The van der Waals surface area contributed by atoms with Gasteiger partial charge in [0.2, 0.25) is 18.6 Å². The Balaban J connectivity index is 1.36. The fraction of sp³-hybridized carbons (Fsp3) is 0.391. The second-order valence-electron chi connectivity index (χ2n) is 8.19. The third kappa shape index (κ3) is 5.98. The molecule has 154 valence electrons. The number of ether oxygens (including phenoxy) is 2. The Kier molecular flexibility index (Phi) is 6.42. The Morgan fingerprint density at radius 3 is 2.41 bits per heavy atom. The molecule has 1 aliphatic rings. The molecule has 29 heavy (non-hydrogen) atoms. The average molecular weight is 396 g/mol. The molecule has 3 rings (SSSR count). The van der Waals surface area contributed by atoms with Gasteiger partial charge in [0.05, 0.1) is 6.54 Å². The summed E-state index contributed by atoms with van der Waals surface area (Å²) < 4.78 is 10.5. The predicted octanol–water partition coefficient (Wildman–Crippen LogP) is 3.79. The van der Waals surface area contributed by atoms with Gasteiger partial charge in [-0.15, -0.1) is 0 Å². The molecule has 6 nitrogen and oxygen atoms in total. The summed E-state index contributed by atoms with van der Waals surface area (Å²) in [5.41, 5.74) is 3.26. The van der Waals surface area contributed by atoms with Crippen LogP contribution in [0.5, 0.6) is 11.5 Å². The van der Waals surface area contributed by atoms with E-state index in [0.717, 1.165) is 12.8 Å². The smallest absolute Gasteiger partial charge is 0.243 e. The van der Waals surface area contributed by atoms with E-state index in [2.05, 4.69) is 55.7 Å². The van der Waals surface area contributed by atoms with E-state index in [9.17, 15) is 9.59 Å². The highest BCUT2D eigenvalue weighted by molar-refractivity contribution is 5.94. The van der Waals surface area contributed by atoms with Crippen molar-refractivity contribution >= 4 is 17.5 Å². The first-order chi connectivity index (χ1) is 13.8. The first-order valence-electron chi connectivity index (χ1n) is 9.87. The summed E-state index contributed by atoms with van der Waals surface area (Å²) in [4.78, 5) is 24.0. The minimum absolute atomic E-state index is 0.0619. The van der Waals surface area contributed by atoms with Gasteiger partial charge in [0.15, 0.2) is 11.5 Å². The molecular formula is C23H28N2O4. The lowest BCUT2D eigenvalue weighted by Gasteiger charge is -2.19. The maximum absolute atomic E-state index is 12.0. The Morgan fingerprint density at radius 1 is 0.966 bits per heavy atom. The van der Waals surface area contributed by atoms with Gasteiger partial charge in [0.1, 0.15) is 0 Å². The standard InChI is InChI=1S/C23H28N2O4/c1-23(2,3)17-9-7-16(8-10-17)5-4-6-21(26)24-14-22(27)25-18-11-12-19-20(13-18)29-15-28-19/h7-13H,4-6,14-15H2,1-3H3,(H,24,26)(H,25,27). The Morgan fingerprint density at radius 2 is 1.69 bits per heavy atom. The Labute approximate surface area is 171 Å². The highest BCUT2D eigenvalue weighted by Gasteiger charge is 2.15. The predicted molar refractivity (Wildman–Crippen MR) is 112 cm³/mol. The van der Waals surface area contributed by atoms with Crippen LogP contribution in [-0.2, 0) is 21.4 Å². The molecule has 2 N–H and O–H groups in total. The molecule has 2 amide bonds. The molecule has 0 radical (unpaired) electrons. The normalized spacial score (nSPS) is 12.5. The zero-order valence-corrected chi connectivity index (χ0v) is 17.2. The van der Waals surface area contributed by atoms with E-state index < -0.39 is 0 Å². The highest BCUT2D eigenvalue weighted by Crippen LogP contribution is 2.34. The van der Waals surface area contributed by atoms with Gasteiger partial charge in [-0.25, -0.2) is 0 Å². The van der Waals surface area contributed by atoms with Crippen LogP contribution in [0, 0.1) is 0 Å². The van der Waals surface area contributed by atoms with E-state index in [1.807, 2.05) is 0 Å². The molecule has 0 atom stereocenters. The largest absolute Gasteiger partial charge is 0.454 e. The summed E-state index contributed by atoms with van der Waals surface area (Å²) in [6.07, 6.45) is 1.96. The van der Waals surface area contributed by atoms with Crippen molar-refractivity contribution in [1.29, 1.82) is 0 Å². The molecule has 0 bridgehead atoms. The molecule has 0 aliphatic carbocycles. The number of aryl methyl sites for hydroxylation is 1. The first-order valence-corrected chi connectivity index (χ1v) is 9.87. The summed E-state index contributed by atoms with van der Waals surface area (Å²) in [7, 11) is 0. The molecule has 6 heteroatoms. The van der Waals surface area contributed by atoms with Crippen LogP contribution in [0.4, 0.5) is 5.69 Å². The highest BCUT2D eigenvalue weighted by atomic mass is 16.7. The van der Waals surface area contributed by atoms with Crippen LogP contribution in [-0.4, -0.2) is 25.2 Å². The van der Waals surface area contributed by atoms with Crippen LogP contribution in [0.1, 0.15) is 44.7 Å². The third-order valence-electron chi connectivity index (χ3n) is 4.79. The zero-order chi connectivity index (χ0) is 20.9. The zero-order valence-electron chi connectivity index (χ0n) is 17.2. The summed E-state index contributed by atoms with van der Waals surface area (Å²) >= 11 is 0. The molecule has 1 heterocycles. The van der Waals surface area contributed by atoms with Crippen LogP contribution in [0.3, 0.4) is 0 Å². The van der Waals surface area contributed by atoms with E-state index in [-0.39, 0.29) is 30.6 Å². The second kappa shape index (κ2) is 8.99. The van der Waals surface area contributed by atoms with Crippen molar-refractivity contribution in [2.75, 3.05) is 18.7 Å². The van der Waals surface area contributed by atoms with Gasteiger partial charge in [-0.3, -0.25) is 9.59 Å². The number of amides is 2. The van der Waals surface area contributed by atoms with E-state index in [0.29, 0.717) is 23.6 Å². The van der Waals surface area contributed by atoms with Crippen LogP contribution in [0.2, 0.25) is 0 Å². The number of carbonyl (C=O) groups is 2. The van der Waals surface area contributed by atoms with Crippen molar-refractivity contribution in [1.82, 2.24) is 5.32 Å². The number of hydrogen-bond acceptors (Lipinski definition) is 4. The van der Waals surface area contributed by atoms with Gasteiger partial charge >= 0.3 is 0 Å². The van der Waals surface area contributed by atoms with Crippen molar-refractivity contribution in [3.63, 3.8) is 0 Å². The molecule has 1 aliphatic heterocycles. The fourth-order valence-electron chi connectivity index (χ4n) is 3.07. The molecule has 0 unspecified atom stereocenters. The van der Waals surface area contributed by atoms with Crippen LogP contribution in [0.25, 0.3) is 0 Å². The van der Waals surface area contributed by atoms with E-state index in [4.69, 9.17) is 9.47 Å². The summed E-state index contributed by atoms with van der Waals surface area (Å²) in [5.74, 6) is 0.846. The van der Waals surface area contributed by atoms with Crippen LogP contribution < -0.4 is 20.1 Å². The average Bonchev–Trinajstić information content (AvgIpc) is 3.14. The lowest BCUT2D eigenvalue weighted by molar-refractivity contribution is -0.124. The second-order valence-corrected chi connectivity index (χ2v) is 8.19. The molecule has 0 spiro atoms. The van der Waals surface area contributed by atoms with Crippen molar-refractivity contribution in [3.8, 4) is 11.5 Å². The van der Waals surface area contributed by atoms with Crippen molar-refractivity contribution in [3.05, 3.63) is 53.6 Å². The molecule has 0 saturated heterocycles. The lowest BCUT2D eigenvalue weighted by atomic mass is 9.86. The van der Waals surface area contributed by atoms with Gasteiger partial charge in [-0.05, 0) is 41.5 Å². The number of fused-ring (bicyclic) bond motifs is 1. The van der Waals surface area contributed by atoms with Gasteiger partial charge in [-0.2, -0.15) is 0 Å². The molecule has 0 aromatic heterocycles. The molecule has 0 saturated carbocycles. The quantitative estimate of drug-likeness (QED) is 0.747. The van der Waals surface area contributed by atoms with Gasteiger partial charge in [0.25, 0.3) is 0 Å². The number of nitrogens with one attached hydrogen (secondary N) is 2. The van der Waals surface area contributed by atoms with E-state index >= 15 is 0 Å². The van der Waals surface area contributed by atoms with E-state index in [1.54, 1.807) is 18.2 Å². The summed E-state index contributed by atoms with van der Waals surface area (Å²) in [5, 5.41) is 5.40. The number of rotatable bonds is 7. The van der Waals surface area contributed by atoms with Gasteiger partial charge in [0, 0.05) is 18.2 Å². The number of hydrogen-bond donors (Lipinski definition) is 2. The minimum Gasteiger partial charge on any atom is -0.454 e. The fourth-order valence-corrected chi connectivity index (χ4v) is 3.07. The maximum atomic E-state index is 12.0. The molecule has 2 aromatic carbocycles. The molecule has 2 aromatic rings. The maximum Gasteiger partial charge on any atom is 0.243 e. The first kappa shape index (κ1) is 20.7. The van der Waals surface area contributed by atoms with Crippen LogP contribution >= 0.6 is 0 Å². The number of benzene rings is 2. The Bertz CT molecular complexity index is 869. The lowest BCUT2D eigenvalue weighted by Crippen LogP contribution is -2.32. The molecular weight excluding hydrogens is 368 g/mol. The van der Waals surface area contributed by atoms with Crippen molar-refractivity contribution in [2.24, 2.45) is 0 Å². The van der Waals surface area contributed by atoms with Crippen molar-refractivity contribution < 1.29 is 19.1 Å². The molecule has 0 fully saturated rings. The monoisotopic (exact) mass is 396 g/mol. The van der Waals surface area contributed by atoms with Crippen molar-refractivity contribution in [2.45, 2.75) is 45.4 Å². The third-order valence-corrected chi connectivity index (χ3v) is 4.79. The number of carbonyl (C=O) groups excluding carboxylic acids is 2. The topological polar surface area (TPSA) is 76.7 Å². The number of anilines is 1. The minimum atomic E-state index is -0.282. The SMILES string of the molecule is CC(C)(C)c1ccc(CCCC(=O)NCC(=O)Nc2ccc3c(c2)OCO3)cc1. The summed E-state index contributed by atoms with van der Waals surface area (Å²) in [6.45, 7) is 6.69. The van der Waals surface area contributed by atoms with Crippen LogP contribution in [0.15, 0.2) is 42.5 Å². The Hall–Kier alpha value is -3.02.